The van der Waals surface area contributed by atoms with Gasteiger partial charge in [-0.1, -0.05) is 13.8 Å². The van der Waals surface area contributed by atoms with Gasteiger partial charge in [-0.3, -0.25) is 0 Å². The lowest BCUT2D eigenvalue weighted by atomic mass is 9.93. The van der Waals surface area contributed by atoms with Crippen LogP contribution in [0.4, 0.5) is 9.18 Å². The fraction of sp³-hybridized carbons (Fsp3) is 0.529. The summed E-state index contributed by atoms with van der Waals surface area (Å²) in [6.07, 6.45) is 1.10. The van der Waals surface area contributed by atoms with Crippen LogP contribution >= 0.6 is 0 Å². The second-order valence-electron chi connectivity index (χ2n) is 6.11. The first-order chi connectivity index (χ1) is 11.0. The molecule has 1 aliphatic heterocycles. The van der Waals surface area contributed by atoms with Gasteiger partial charge >= 0.3 is 6.03 Å². The van der Waals surface area contributed by atoms with Crippen LogP contribution in [0, 0.1) is 29.0 Å². The highest BCUT2D eigenvalue weighted by Crippen LogP contribution is 2.26. The lowest BCUT2D eigenvalue weighted by molar-refractivity contribution is 0.0545. The number of ether oxygens (including phenoxy) is 1. The standard InChI is InChI=1S/C17H22FN3O2/c1-11(2)16-13(5-6-23-16)9-20-17(22)21-10-14-7-12(8-19)3-4-15(14)18/h3-4,7,11,13,16H,5-6,9-10H2,1-2H3,(H2,20,21,22)/t13-,16-/m1/s1. The van der Waals surface area contributed by atoms with Gasteiger partial charge in [0.25, 0.3) is 0 Å². The first kappa shape index (κ1) is 17.2. The average molecular weight is 319 g/mol. The summed E-state index contributed by atoms with van der Waals surface area (Å²) in [5.41, 5.74) is 0.662. The summed E-state index contributed by atoms with van der Waals surface area (Å²) in [5, 5.41) is 14.3. The van der Waals surface area contributed by atoms with Crippen LogP contribution in [0.3, 0.4) is 0 Å². The molecule has 23 heavy (non-hydrogen) atoms. The van der Waals surface area contributed by atoms with Crippen molar-refractivity contribution in [2.24, 2.45) is 11.8 Å². The summed E-state index contributed by atoms with van der Waals surface area (Å²) in [6, 6.07) is 5.69. The fourth-order valence-corrected chi connectivity index (χ4v) is 2.85. The number of hydrogen-bond donors (Lipinski definition) is 2. The Morgan fingerprint density at radius 1 is 1.48 bits per heavy atom. The normalized spacial score (nSPS) is 20.3. The summed E-state index contributed by atoms with van der Waals surface area (Å²) < 4.78 is 19.3. The minimum atomic E-state index is -0.437. The predicted molar refractivity (Wildman–Crippen MR) is 84.0 cm³/mol. The molecule has 2 rings (SSSR count). The van der Waals surface area contributed by atoms with Crippen molar-refractivity contribution in [1.29, 1.82) is 5.26 Å². The Balaban J connectivity index is 1.81. The highest BCUT2D eigenvalue weighted by atomic mass is 19.1. The molecule has 0 unspecified atom stereocenters. The van der Waals surface area contributed by atoms with Crippen LogP contribution in [-0.2, 0) is 11.3 Å². The Hall–Kier alpha value is -2.13. The largest absolute Gasteiger partial charge is 0.378 e. The zero-order valence-corrected chi connectivity index (χ0v) is 13.4. The number of amides is 2. The third kappa shape index (κ3) is 4.67. The zero-order chi connectivity index (χ0) is 16.8. The van der Waals surface area contributed by atoms with Gasteiger partial charge in [-0.2, -0.15) is 5.26 Å². The van der Waals surface area contributed by atoms with E-state index in [0.29, 0.717) is 29.5 Å². The first-order valence-corrected chi connectivity index (χ1v) is 7.83. The molecular formula is C17H22FN3O2. The number of nitrogens with zero attached hydrogens (tertiary/aromatic N) is 1. The van der Waals surface area contributed by atoms with Gasteiger partial charge in [-0.05, 0) is 30.5 Å². The minimum Gasteiger partial charge on any atom is -0.378 e. The van der Waals surface area contributed by atoms with Crippen molar-refractivity contribution in [2.75, 3.05) is 13.2 Å². The third-order valence-electron chi connectivity index (χ3n) is 4.06. The maximum atomic E-state index is 13.6. The van der Waals surface area contributed by atoms with E-state index in [-0.39, 0.29) is 18.7 Å². The van der Waals surface area contributed by atoms with Crippen molar-refractivity contribution >= 4 is 6.03 Å². The Labute approximate surface area is 135 Å². The Morgan fingerprint density at radius 2 is 2.26 bits per heavy atom. The number of carbonyl (C=O) groups excluding carboxylic acids is 1. The monoisotopic (exact) mass is 319 g/mol. The Bertz CT molecular complexity index is 598. The molecule has 2 amide bonds. The molecule has 5 nitrogen and oxygen atoms in total. The molecular weight excluding hydrogens is 297 g/mol. The van der Waals surface area contributed by atoms with Crippen LogP contribution in [0.5, 0.6) is 0 Å². The smallest absolute Gasteiger partial charge is 0.315 e. The van der Waals surface area contributed by atoms with Crippen LogP contribution in [-0.4, -0.2) is 25.3 Å². The SMILES string of the molecule is CC(C)[C@H]1OCC[C@@H]1CNC(=O)NCc1cc(C#N)ccc1F. The number of halogens is 1. The molecule has 0 bridgehead atoms. The minimum absolute atomic E-state index is 0.0436. The third-order valence-corrected chi connectivity index (χ3v) is 4.06. The summed E-state index contributed by atoms with van der Waals surface area (Å²) in [7, 11) is 0. The van der Waals surface area contributed by atoms with Gasteiger partial charge in [-0.15, -0.1) is 0 Å². The number of rotatable bonds is 5. The van der Waals surface area contributed by atoms with Gasteiger partial charge in [0.05, 0.1) is 17.7 Å². The Morgan fingerprint density at radius 3 is 2.96 bits per heavy atom. The maximum absolute atomic E-state index is 13.6. The average Bonchev–Trinajstić information content (AvgIpc) is 3.01. The van der Waals surface area contributed by atoms with Gasteiger partial charge in [0.2, 0.25) is 0 Å². The van der Waals surface area contributed by atoms with Crippen molar-refractivity contribution in [3.63, 3.8) is 0 Å². The molecule has 0 aliphatic carbocycles. The van der Waals surface area contributed by atoms with Crippen molar-refractivity contribution in [3.05, 3.63) is 35.1 Å². The Kier molecular flexibility index (Phi) is 5.94. The number of hydrogen-bond acceptors (Lipinski definition) is 3. The molecule has 0 radical (unpaired) electrons. The molecule has 1 aromatic carbocycles. The van der Waals surface area contributed by atoms with Crippen LogP contribution < -0.4 is 10.6 Å². The molecule has 6 heteroatoms. The van der Waals surface area contributed by atoms with Crippen molar-refractivity contribution in [1.82, 2.24) is 10.6 Å². The van der Waals surface area contributed by atoms with Gasteiger partial charge < -0.3 is 15.4 Å². The van der Waals surface area contributed by atoms with Crippen LogP contribution in [0.1, 0.15) is 31.4 Å². The van der Waals surface area contributed by atoms with Crippen molar-refractivity contribution in [3.8, 4) is 6.07 Å². The van der Waals surface area contributed by atoms with E-state index in [4.69, 9.17) is 10.00 Å². The van der Waals surface area contributed by atoms with E-state index in [0.717, 1.165) is 13.0 Å². The highest BCUT2D eigenvalue weighted by molar-refractivity contribution is 5.73. The van der Waals surface area contributed by atoms with Gasteiger partial charge in [-0.25, -0.2) is 9.18 Å². The van der Waals surface area contributed by atoms with E-state index in [2.05, 4.69) is 24.5 Å². The summed E-state index contributed by atoms with van der Waals surface area (Å²) in [4.78, 5) is 11.9. The van der Waals surface area contributed by atoms with Crippen molar-refractivity contribution < 1.29 is 13.9 Å². The van der Waals surface area contributed by atoms with Crippen LogP contribution in [0.25, 0.3) is 0 Å². The topological polar surface area (TPSA) is 74.2 Å². The van der Waals surface area contributed by atoms with Crippen LogP contribution in [0.2, 0.25) is 0 Å². The molecule has 2 atom stereocenters. The van der Waals surface area contributed by atoms with Gasteiger partial charge in [0.15, 0.2) is 0 Å². The quantitative estimate of drug-likeness (QED) is 0.876. The lowest BCUT2D eigenvalue weighted by Gasteiger charge is -2.22. The number of carbonyl (C=O) groups is 1. The molecule has 2 N–H and O–H groups in total. The number of nitrogens with one attached hydrogen (secondary N) is 2. The molecule has 124 valence electrons. The molecule has 0 aromatic heterocycles. The zero-order valence-electron chi connectivity index (χ0n) is 13.4. The molecule has 1 aromatic rings. The second-order valence-corrected chi connectivity index (χ2v) is 6.11. The summed E-state index contributed by atoms with van der Waals surface area (Å²) in [5.74, 6) is 0.281. The molecule has 1 fully saturated rings. The van der Waals surface area contributed by atoms with E-state index in [1.54, 1.807) is 0 Å². The number of urea groups is 1. The van der Waals surface area contributed by atoms with E-state index < -0.39 is 5.82 Å². The summed E-state index contributed by atoms with van der Waals surface area (Å²) >= 11 is 0. The number of nitriles is 1. The lowest BCUT2D eigenvalue weighted by Crippen LogP contribution is -2.40. The predicted octanol–water partition coefficient (Wildman–Crippen LogP) is 2.56. The molecule has 1 heterocycles. The van der Waals surface area contributed by atoms with E-state index in [1.807, 2.05) is 6.07 Å². The first-order valence-electron chi connectivity index (χ1n) is 7.83. The fourth-order valence-electron chi connectivity index (χ4n) is 2.85. The molecule has 1 saturated heterocycles. The molecule has 0 spiro atoms. The second kappa shape index (κ2) is 7.93. The highest BCUT2D eigenvalue weighted by Gasteiger charge is 2.30. The van der Waals surface area contributed by atoms with E-state index in [9.17, 15) is 9.18 Å². The van der Waals surface area contributed by atoms with E-state index in [1.165, 1.54) is 18.2 Å². The maximum Gasteiger partial charge on any atom is 0.315 e. The number of benzene rings is 1. The van der Waals surface area contributed by atoms with Crippen molar-refractivity contribution in [2.45, 2.75) is 32.9 Å². The van der Waals surface area contributed by atoms with Gasteiger partial charge in [0, 0.05) is 31.2 Å². The van der Waals surface area contributed by atoms with Crippen LogP contribution in [0.15, 0.2) is 18.2 Å². The van der Waals surface area contributed by atoms with Gasteiger partial charge in [0.1, 0.15) is 5.82 Å². The molecule has 1 aliphatic rings. The molecule has 0 saturated carbocycles. The summed E-state index contributed by atoms with van der Waals surface area (Å²) in [6.45, 7) is 5.52. The van der Waals surface area contributed by atoms with E-state index >= 15 is 0 Å².